The molecule has 0 amide bonds. The zero-order chi connectivity index (χ0) is 14.8. The lowest BCUT2D eigenvalue weighted by Crippen LogP contribution is -3.10. The van der Waals surface area contributed by atoms with Crippen molar-refractivity contribution in [2.24, 2.45) is 0 Å². The lowest BCUT2D eigenvalue weighted by Gasteiger charge is -2.08. The second kappa shape index (κ2) is 10.00. The number of carbonyl (C=O) groups is 1. The second-order valence-corrected chi connectivity index (χ2v) is 4.64. The third kappa shape index (κ3) is 8.02. The van der Waals surface area contributed by atoms with Gasteiger partial charge in [0.2, 0.25) is 0 Å². The number of rotatable bonds is 5. The zero-order valence-electron chi connectivity index (χ0n) is 10.5. The SMILES string of the molecule is C[NH+](CCO)CCO.O=C([O-])c1ccc(Cl)c(Cl)c1. The summed E-state index contributed by atoms with van der Waals surface area (Å²) in [5.41, 5.74) is 0.0272. The molecule has 0 aromatic heterocycles. The van der Waals surface area contributed by atoms with E-state index < -0.39 is 5.97 Å². The summed E-state index contributed by atoms with van der Waals surface area (Å²) in [5, 5.41) is 27.5. The van der Waals surface area contributed by atoms with E-state index in [1.165, 1.54) is 18.2 Å². The van der Waals surface area contributed by atoms with Crippen molar-refractivity contribution in [1.29, 1.82) is 0 Å². The molecule has 5 nitrogen and oxygen atoms in total. The monoisotopic (exact) mass is 309 g/mol. The molecule has 0 fully saturated rings. The molecular weight excluding hydrogens is 293 g/mol. The summed E-state index contributed by atoms with van der Waals surface area (Å²) in [6.45, 7) is 1.85. The van der Waals surface area contributed by atoms with Gasteiger partial charge in [0, 0.05) is 0 Å². The van der Waals surface area contributed by atoms with Crippen molar-refractivity contribution in [1.82, 2.24) is 0 Å². The molecule has 1 rings (SSSR count). The summed E-state index contributed by atoms with van der Waals surface area (Å²) in [6, 6.07) is 4.00. The van der Waals surface area contributed by atoms with Crippen LogP contribution in [0.5, 0.6) is 0 Å². The van der Waals surface area contributed by atoms with Gasteiger partial charge in [0.1, 0.15) is 13.1 Å². The molecule has 3 N–H and O–H groups in total. The Labute approximate surface area is 122 Å². The summed E-state index contributed by atoms with van der Waals surface area (Å²) in [5.74, 6) is -1.26. The van der Waals surface area contributed by atoms with Crippen LogP contribution in [-0.4, -0.2) is 49.5 Å². The van der Waals surface area contributed by atoms with Gasteiger partial charge in [-0.1, -0.05) is 29.3 Å². The highest BCUT2D eigenvalue weighted by Crippen LogP contribution is 2.21. The molecule has 108 valence electrons. The molecule has 0 saturated carbocycles. The van der Waals surface area contributed by atoms with Gasteiger partial charge < -0.3 is 25.0 Å². The average molecular weight is 310 g/mol. The van der Waals surface area contributed by atoms with E-state index in [1.54, 1.807) is 0 Å². The minimum atomic E-state index is -1.26. The van der Waals surface area contributed by atoms with Crippen molar-refractivity contribution in [3.05, 3.63) is 33.8 Å². The largest absolute Gasteiger partial charge is 0.545 e. The minimum Gasteiger partial charge on any atom is -0.545 e. The molecule has 19 heavy (non-hydrogen) atoms. The number of aliphatic hydroxyl groups excluding tert-OH is 2. The summed E-state index contributed by atoms with van der Waals surface area (Å²) in [7, 11) is 1.94. The van der Waals surface area contributed by atoms with Gasteiger partial charge in [-0.3, -0.25) is 0 Å². The van der Waals surface area contributed by atoms with Crippen LogP contribution in [0.3, 0.4) is 0 Å². The molecule has 0 spiro atoms. The number of carboxylic acid groups (broad SMARTS) is 1. The average Bonchev–Trinajstić information content (AvgIpc) is 2.34. The lowest BCUT2D eigenvalue weighted by atomic mass is 10.2. The van der Waals surface area contributed by atoms with Crippen LogP contribution < -0.4 is 10.0 Å². The maximum Gasteiger partial charge on any atom is 0.100 e. The number of quaternary nitrogens is 1. The molecular formula is C12H17Cl2NO4. The fraction of sp³-hybridized carbons (Fsp3) is 0.417. The van der Waals surface area contributed by atoms with Crippen LogP contribution in [0.4, 0.5) is 0 Å². The highest BCUT2D eigenvalue weighted by Gasteiger charge is 1.98. The molecule has 0 aliphatic rings. The molecule has 0 aliphatic heterocycles. The van der Waals surface area contributed by atoms with Crippen LogP contribution in [0.1, 0.15) is 10.4 Å². The van der Waals surface area contributed by atoms with Crippen molar-refractivity contribution in [2.75, 3.05) is 33.4 Å². The van der Waals surface area contributed by atoms with Crippen LogP contribution in [0.2, 0.25) is 10.0 Å². The van der Waals surface area contributed by atoms with Gasteiger partial charge in [-0.2, -0.15) is 0 Å². The van der Waals surface area contributed by atoms with Crippen LogP contribution >= 0.6 is 23.2 Å². The molecule has 0 aliphatic carbocycles. The Morgan fingerprint density at radius 1 is 1.21 bits per heavy atom. The smallest absolute Gasteiger partial charge is 0.100 e. The van der Waals surface area contributed by atoms with Gasteiger partial charge in [0.25, 0.3) is 0 Å². The Morgan fingerprint density at radius 3 is 2.11 bits per heavy atom. The number of aliphatic hydroxyl groups is 2. The highest BCUT2D eigenvalue weighted by molar-refractivity contribution is 6.42. The van der Waals surface area contributed by atoms with E-state index in [0.29, 0.717) is 5.02 Å². The van der Waals surface area contributed by atoms with E-state index in [-0.39, 0.29) is 23.8 Å². The molecule has 7 heteroatoms. The Balaban J connectivity index is 0.000000362. The van der Waals surface area contributed by atoms with Gasteiger partial charge in [-0.15, -0.1) is 0 Å². The fourth-order valence-corrected chi connectivity index (χ4v) is 1.43. The predicted molar refractivity (Wildman–Crippen MR) is 71.6 cm³/mol. The first-order chi connectivity index (χ1) is 8.92. The van der Waals surface area contributed by atoms with E-state index in [9.17, 15) is 9.90 Å². The number of nitrogens with one attached hydrogen (secondary N) is 1. The number of hydrogen-bond donors (Lipinski definition) is 3. The van der Waals surface area contributed by atoms with Crippen molar-refractivity contribution in [3.63, 3.8) is 0 Å². The van der Waals surface area contributed by atoms with Gasteiger partial charge in [0.15, 0.2) is 0 Å². The first kappa shape index (κ1) is 18.1. The third-order valence-corrected chi connectivity index (χ3v) is 2.97. The predicted octanol–water partition coefficient (Wildman–Crippen LogP) is -1.16. The van der Waals surface area contributed by atoms with Gasteiger partial charge in [-0.25, -0.2) is 0 Å². The van der Waals surface area contributed by atoms with Crippen molar-refractivity contribution in [2.45, 2.75) is 0 Å². The van der Waals surface area contributed by atoms with Crippen LogP contribution in [-0.2, 0) is 0 Å². The van der Waals surface area contributed by atoms with E-state index in [0.717, 1.165) is 18.0 Å². The third-order valence-electron chi connectivity index (χ3n) is 2.23. The van der Waals surface area contributed by atoms with E-state index in [2.05, 4.69) is 0 Å². The van der Waals surface area contributed by atoms with Crippen molar-refractivity contribution in [3.8, 4) is 0 Å². The molecule has 0 saturated heterocycles. The minimum absolute atomic E-state index is 0.0272. The Hall–Kier alpha value is -0.850. The maximum atomic E-state index is 10.3. The Kier molecular flexibility index (Phi) is 9.55. The Morgan fingerprint density at radius 2 is 1.74 bits per heavy atom. The molecule has 0 unspecified atom stereocenters. The van der Waals surface area contributed by atoms with E-state index >= 15 is 0 Å². The topological polar surface area (TPSA) is 85.0 Å². The number of likely N-dealkylation sites (N-methyl/N-ethyl adjacent to an activating group) is 1. The quantitative estimate of drug-likeness (QED) is 0.641. The summed E-state index contributed by atoms with van der Waals surface area (Å²) >= 11 is 11.1. The molecule has 0 bridgehead atoms. The second-order valence-electron chi connectivity index (χ2n) is 3.82. The van der Waals surface area contributed by atoms with Crippen molar-refractivity contribution < 1.29 is 25.0 Å². The highest BCUT2D eigenvalue weighted by atomic mass is 35.5. The van der Waals surface area contributed by atoms with Gasteiger partial charge in [-0.05, 0) is 17.7 Å². The first-order valence-electron chi connectivity index (χ1n) is 5.61. The first-order valence-corrected chi connectivity index (χ1v) is 6.37. The number of halogens is 2. The van der Waals surface area contributed by atoms with Gasteiger partial charge >= 0.3 is 0 Å². The molecule has 0 heterocycles. The van der Waals surface area contributed by atoms with Crippen LogP contribution in [0.15, 0.2) is 18.2 Å². The number of hydrogen-bond acceptors (Lipinski definition) is 4. The zero-order valence-corrected chi connectivity index (χ0v) is 12.0. The fourth-order valence-electron chi connectivity index (χ4n) is 1.13. The van der Waals surface area contributed by atoms with E-state index in [4.69, 9.17) is 33.4 Å². The van der Waals surface area contributed by atoms with Gasteiger partial charge in [0.05, 0.1) is 36.3 Å². The molecule has 1 aromatic carbocycles. The molecule has 0 radical (unpaired) electrons. The maximum absolute atomic E-state index is 10.3. The number of carbonyl (C=O) groups excluding carboxylic acids is 1. The molecule has 0 atom stereocenters. The number of carboxylic acids is 1. The number of benzene rings is 1. The number of aromatic carboxylic acids is 1. The standard InChI is InChI=1S/C7H4Cl2O2.C5H13NO2/c8-5-2-1-4(7(10)11)3-6(5)9;1-6(2-4-7)3-5-8/h1-3H,(H,10,11);7-8H,2-5H2,1H3. The van der Waals surface area contributed by atoms with Crippen LogP contribution in [0.25, 0.3) is 0 Å². The summed E-state index contributed by atoms with van der Waals surface area (Å²) < 4.78 is 0. The summed E-state index contributed by atoms with van der Waals surface area (Å²) in [6.07, 6.45) is 0. The lowest BCUT2D eigenvalue weighted by molar-refractivity contribution is -0.880. The normalized spacial score (nSPS) is 10.0. The summed E-state index contributed by atoms with van der Waals surface area (Å²) in [4.78, 5) is 11.4. The van der Waals surface area contributed by atoms with E-state index in [1.807, 2.05) is 7.05 Å². The van der Waals surface area contributed by atoms with Crippen LogP contribution in [0, 0.1) is 0 Å². The Bertz CT molecular complexity index is 395. The van der Waals surface area contributed by atoms with Crippen molar-refractivity contribution >= 4 is 29.2 Å². The molecule has 1 aromatic rings.